The van der Waals surface area contributed by atoms with Crippen molar-refractivity contribution in [3.8, 4) is 5.75 Å². The average molecular weight is 306 g/mol. The monoisotopic (exact) mass is 306 g/mol. The molecule has 0 spiro atoms. The number of carbonyl (C=O) groups excluding carboxylic acids is 1. The number of benzene rings is 1. The fourth-order valence-corrected chi connectivity index (χ4v) is 2.35. The van der Waals surface area contributed by atoms with Gasteiger partial charge in [-0.15, -0.1) is 11.3 Å². The van der Waals surface area contributed by atoms with Crippen molar-refractivity contribution < 1.29 is 14.6 Å². The van der Waals surface area contributed by atoms with Crippen LogP contribution in [0.15, 0.2) is 35.2 Å². The van der Waals surface area contributed by atoms with E-state index in [0.717, 1.165) is 11.3 Å². The van der Waals surface area contributed by atoms with Gasteiger partial charge in [0.05, 0.1) is 11.2 Å². The SMILES string of the molecule is Cc1ccccc1OCC(O)C(=O)NCCc1cscn1. The second kappa shape index (κ2) is 7.75. The smallest absolute Gasteiger partial charge is 0.252 e. The van der Waals surface area contributed by atoms with E-state index >= 15 is 0 Å². The van der Waals surface area contributed by atoms with Crippen LogP contribution in [0.1, 0.15) is 11.3 Å². The number of nitrogens with zero attached hydrogens (tertiary/aromatic N) is 1. The molecule has 1 heterocycles. The Kier molecular flexibility index (Phi) is 5.71. The molecule has 0 aliphatic heterocycles. The molecule has 0 saturated heterocycles. The number of aliphatic hydroxyl groups excluding tert-OH is 1. The minimum absolute atomic E-state index is 0.0621. The molecule has 0 aliphatic rings. The van der Waals surface area contributed by atoms with E-state index in [1.807, 2.05) is 36.6 Å². The number of aromatic nitrogens is 1. The summed E-state index contributed by atoms with van der Waals surface area (Å²) in [6.45, 7) is 2.30. The lowest BCUT2D eigenvalue weighted by Gasteiger charge is -2.13. The van der Waals surface area contributed by atoms with Crippen LogP contribution < -0.4 is 10.1 Å². The molecule has 1 amide bonds. The molecule has 1 aromatic heterocycles. The molecule has 2 rings (SSSR count). The third kappa shape index (κ3) is 4.84. The van der Waals surface area contributed by atoms with Crippen molar-refractivity contribution in [2.45, 2.75) is 19.4 Å². The molecule has 1 aromatic carbocycles. The summed E-state index contributed by atoms with van der Waals surface area (Å²) in [5.74, 6) is 0.241. The van der Waals surface area contributed by atoms with Crippen LogP contribution >= 0.6 is 11.3 Å². The number of rotatable bonds is 7. The summed E-state index contributed by atoms with van der Waals surface area (Å²) in [4.78, 5) is 15.8. The summed E-state index contributed by atoms with van der Waals surface area (Å²) in [6, 6.07) is 7.48. The quantitative estimate of drug-likeness (QED) is 0.814. The van der Waals surface area contributed by atoms with Gasteiger partial charge in [0.2, 0.25) is 0 Å². The molecule has 112 valence electrons. The van der Waals surface area contributed by atoms with Crippen molar-refractivity contribution in [2.75, 3.05) is 13.2 Å². The van der Waals surface area contributed by atoms with Gasteiger partial charge < -0.3 is 15.2 Å². The van der Waals surface area contributed by atoms with Gasteiger partial charge in [-0.3, -0.25) is 4.79 Å². The van der Waals surface area contributed by atoms with Gasteiger partial charge in [0.15, 0.2) is 6.10 Å². The van der Waals surface area contributed by atoms with Crippen LogP contribution in [0.25, 0.3) is 0 Å². The largest absolute Gasteiger partial charge is 0.490 e. The highest BCUT2D eigenvalue weighted by atomic mass is 32.1. The van der Waals surface area contributed by atoms with Gasteiger partial charge in [0.1, 0.15) is 12.4 Å². The number of para-hydroxylation sites is 1. The number of nitrogens with one attached hydrogen (secondary N) is 1. The van der Waals surface area contributed by atoms with Crippen molar-refractivity contribution in [2.24, 2.45) is 0 Å². The Morgan fingerprint density at radius 2 is 2.29 bits per heavy atom. The van der Waals surface area contributed by atoms with E-state index in [1.165, 1.54) is 11.3 Å². The molecule has 0 saturated carbocycles. The summed E-state index contributed by atoms with van der Waals surface area (Å²) < 4.78 is 5.45. The van der Waals surface area contributed by atoms with Crippen LogP contribution in [0, 0.1) is 6.92 Å². The average Bonchev–Trinajstić information content (AvgIpc) is 2.99. The van der Waals surface area contributed by atoms with Gasteiger partial charge in [0.25, 0.3) is 5.91 Å². The first kappa shape index (κ1) is 15.5. The van der Waals surface area contributed by atoms with Crippen molar-refractivity contribution >= 4 is 17.2 Å². The molecule has 0 aliphatic carbocycles. The molecule has 5 nitrogen and oxygen atoms in total. The van der Waals surface area contributed by atoms with Crippen molar-refractivity contribution in [3.63, 3.8) is 0 Å². The lowest BCUT2D eigenvalue weighted by molar-refractivity contribution is -0.130. The predicted octanol–water partition coefficient (Wildman–Crippen LogP) is 1.55. The summed E-state index contributed by atoms with van der Waals surface area (Å²) in [7, 11) is 0. The van der Waals surface area contributed by atoms with Crippen LogP contribution in [0.2, 0.25) is 0 Å². The Hall–Kier alpha value is -1.92. The summed E-state index contributed by atoms with van der Waals surface area (Å²) in [6.07, 6.45) is -0.527. The highest BCUT2D eigenvalue weighted by molar-refractivity contribution is 7.07. The van der Waals surface area contributed by atoms with Crippen molar-refractivity contribution in [1.82, 2.24) is 10.3 Å². The Morgan fingerprint density at radius 3 is 3.00 bits per heavy atom. The number of ether oxygens (including phenoxy) is 1. The minimum atomic E-state index is -1.18. The number of hydrogen-bond acceptors (Lipinski definition) is 5. The Morgan fingerprint density at radius 1 is 1.48 bits per heavy atom. The van der Waals surface area contributed by atoms with E-state index in [4.69, 9.17) is 4.74 Å². The first-order valence-corrected chi connectivity index (χ1v) is 7.62. The molecule has 21 heavy (non-hydrogen) atoms. The zero-order chi connectivity index (χ0) is 15.1. The molecule has 2 N–H and O–H groups in total. The lowest BCUT2D eigenvalue weighted by Crippen LogP contribution is -2.39. The maximum atomic E-state index is 11.7. The topological polar surface area (TPSA) is 71.5 Å². The maximum Gasteiger partial charge on any atom is 0.252 e. The van der Waals surface area contributed by atoms with E-state index in [2.05, 4.69) is 10.3 Å². The first-order chi connectivity index (χ1) is 10.2. The van der Waals surface area contributed by atoms with E-state index < -0.39 is 12.0 Å². The van der Waals surface area contributed by atoms with E-state index in [1.54, 1.807) is 5.51 Å². The fourth-order valence-electron chi connectivity index (χ4n) is 1.76. The zero-order valence-corrected chi connectivity index (χ0v) is 12.6. The molecule has 6 heteroatoms. The van der Waals surface area contributed by atoms with Crippen LogP contribution in [-0.2, 0) is 11.2 Å². The lowest BCUT2D eigenvalue weighted by atomic mass is 10.2. The highest BCUT2D eigenvalue weighted by Crippen LogP contribution is 2.16. The standard InChI is InChI=1S/C15H18N2O3S/c1-11-4-2-3-5-14(11)20-8-13(18)15(19)16-7-6-12-9-21-10-17-12/h2-5,9-10,13,18H,6-8H2,1H3,(H,16,19). The third-order valence-corrected chi connectivity index (χ3v) is 3.59. The van der Waals surface area contributed by atoms with Crippen molar-refractivity contribution in [1.29, 1.82) is 0 Å². The third-order valence-electron chi connectivity index (χ3n) is 2.96. The second-order valence-corrected chi connectivity index (χ2v) is 5.33. The molecule has 0 bridgehead atoms. The molecule has 1 atom stereocenters. The van der Waals surface area contributed by atoms with E-state index in [0.29, 0.717) is 18.7 Å². The molecule has 0 fully saturated rings. The fraction of sp³-hybridized carbons (Fsp3) is 0.333. The van der Waals surface area contributed by atoms with Gasteiger partial charge in [-0.05, 0) is 18.6 Å². The number of carbonyl (C=O) groups is 1. The van der Waals surface area contributed by atoms with Crippen molar-refractivity contribution in [3.05, 3.63) is 46.4 Å². The second-order valence-electron chi connectivity index (χ2n) is 4.61. The predicted molar refractivity (Wildman–Crippen MR) is 81.5 cm³/mol. The summed E-state index contributed by atoms with van der Waals surface area (Å²) >= 11 is 1.52. The van der Waals surface area contributed by atoms with Gasteiger partial charge >= 0.3 is 0 Å². The van der Waals surface area contributed by atoms with Crippen LogP contribution in [-0.4, -0.2) is 35.3 Å². The minimum Gasteiger partial charge on any atom is -0.490 e. The van der Waals surface area contributed by atoms with Gasteiger partial charge in [-0.25, -0.2) is 4.98 Å². The van der Waals surface area contributed by atoms with E-state index in [-0.39, 0.29) is 6.61 Å². The molecular formula is C15H18N2O3S. The number of thiazole rings is 1. The van der Waals surface area contributed by atoms with Crippen LogP contribution in [0.4, 0.5) is 0 Å². The highest BCUT2D eigenvalue weighted by Gasteiger charge is 2.15. The number of aliphatic hydroxyl groups is 1. The van der Waals surface area contributed by atoms with Gasteiger partial charge in [0, 0.05) is 18.3 Å². The van der Waals surface area contributed by atoms with Gasteiger partial charge in [-0.1, -0.05) is 18.2 Å². The van der Waals surface area contributed by atoms with Crippen LogP contribution in [0.3, 0.4) is 0 Å². The number of hydrogen-bond donors (Lipinski definition) is 2. The Balaban J connectivity index is 1.71. The Labute approximate surface area is 127 Å². The first-order valence-electron chi connectivity index (χ1n) is 6.68. The Bertz CT molecular complexity index is 572. The van der Waals surface area contributed by atoms with Gasteiger partial charge in [-0.2, -0.15) is 0 Å². The molecular weight excluding hydrogens is 288 g/mol. The molecule has 2 aromatic rings. The normalized spacial score (nSPS) is 11.9. The van der Waals surface area contributed by atoms with Crippen LogP contribution in [0.5, 0.6) is 5.75 Å². The molecule has 0 radical (unpaired) electrons. The number of amides is 1. The summed E-state index contributed by atoms with van der Waals surface area (Å²) in [5, 5.41) is 14.4. The zero-order valence-electron chi connectivity index (χ0n) is 11.8. The summed E-state index contributed by atoms with van der Waals surface area (Å²) in [5.41, 5.74) is 3.65. The maximum absolute atomic E-state index is 11.7. The number of aryl methyl sites for hydroxylation is 1. The van der Waals surface area contributed by atoms with E-state index in [9.17, 15) is 9.90 Å². The molecule has 1 unspecified atom stereocenters.